The number of hydrogen-bond donors (Lipinski definition) is 0. The first kappa shape index (κ1) is 11.0. The first-order chi connectivity index (χ1) is 5.41. The third kappa shape index (κ3) is 10.0. The van der Waals surface area contributed by atoms with E-state index in [-0.39, 0.29) is 0 Å². The Morgan fingerprint density at radius 2 is 0.727 bits per heavy atom. The smallest absolute Gasteiger partial charge is 0.0533 e. The fourth-order valence-electron chi connectivity index (χ4n) is 1.24. The van der Waals surface area contributed by atoms with Crippen LogP contribution in [0.2, 0.25) is 0 Å². The summed E-state index contributed by atoms with van der Waals surface area (Å²) in [5.74, 6) is 0. The van der Waals surface area contributed by atoms with E-state index in [0.717, 1.165) is 12.8 Å². The van der Waals surface area contributed by atoms with Crippen molar-refractivity contribution in [1.82, 2.24) is 0 Å². The molecule has 0 fully saturated rings. The second-order valence-corrected chi connectivity index (χ2v) is 3.18. The minimum atomic E-state index is 1.11. The molecular formula is C11H22-2. The zero-order valence-electron chi connectivity index (χ0n) is 7.78. The lowest BCUT2D eigenvalue weighted by molar-refractivity contribution is 0.583. The van der Waals surface area contributed by atoms with Crippen molar-refractivity contribution in [3.63, 3.8) is 0 Å². The molecule has 0 atom stereocenters. The van der Waals surface area contributed by atoms with Gasteiger partial charge < -0.3 is 13.8 Å². The number of unbranched alkanes of at least 4 members (excludes halogenated alkanes) is 8. The molecule has 0 nitrogen and oxygen atoms in total. The highest BCUT2D eigenvalue weighted by molar-refractivity contribution is 4.48. The lowest BCUT2D eigenvalue weighted by Gasteiger charge is -2.01. The van der Waals surface area contributed by atoms with E-state index in [2.05, 4.69) is 13.8 Å². The van der Waals surface area contributed by atoms with E-state index in [1.54, 1.807) is 0 Å². The van der Waals surface area contributed by atoms with E-state index >= 15 is 0 Å². The molecule has 0 heteroatoms. The van der Waals surface area contributed by atoms with Gasteiger partial charge in [-0.2, -0.15) is 12.8 Å². The number of rotatable bonds is 8. The maximum absolute atomic E-state index is 3.82. The molecule has 0 amide bonds. The normalized spacial score (nSPS) is 10.4. The van der Waals surface area contributed by atoms with Gasteiger partial charge in [0.2, 0.25) is 0 Å². The molecule has 0 aliphatic rings. The minimum absolute atomic E-state index is 1.11. The van der Waals surface area contributed by atoms with Crippen LogP contribution in [0.4, 0.5) is 0 Å². The molecule has 0 aliphatic heterocycles. The fraction of sp³-hybridized carbons (Fsp3) is 0.818. The van der Waals surface area contributed by atoms with Crippen LogP contribution < -0.4 is 0 Å². The van der Waals surface area contributed by atoms with E-state index in [9.17, 15) is 0 Å². The Balaban J connectivity index is 2.69. The third-order valence-electron chi connectivity index (χ3n) is 2.00. The van der Waals surface area contributed by atoms with Gasteiger partial charge in [-0.05, 0) is 0 Å². The second-order valence-electron chi connectivity index (χ2n) is 3.18. The fourth-order valence-corrected chi connectivity index (χ4v) is 1.24. The third-order valence-corrected chi connectivity index (χ3v) is 2.00. The van der Waals surface area contributed by atoms with Crippen LogP contribution in [0.1, 0.15) is 57.8 Å². The quantitative estimate of drug-likeness (QED) is 0.363. The van der Waals surface area contributed by atoms with Crippen LogP contribution >= 0.6 is 0 Å². The molecule has 0 unspecified atom stereocenters. The zero-order chi connectivity index (χ0) is 8.36. The molecule has 0 bridgehead atoms. The lowest BCUT2D eigenvalue weighted by Crippen LogP contribution is -1.79. The van der Waals surface area contributed by atoms with E-state index in [1.807, 2.05) is 0 Å². The SMILES string of the molecule is [CH2-]CCCCCCCCC[CH2-]. The molecule has 0 radical (unpaired) electrons. The first-order valence-corrected chi connectivity index (χ1v) is 5.00. The average Bonchev–Trinajstić information content (AvgIpc) is 2.03. The Bertz CT molecular complexity index is 49.1. The minimum Gasteiger partial charge on any atom is -0.343 e. The van der Waals surface area contributed by atoms with Crippen molar-refractivity contribution in [1.29, 1.82) is 0 Å². The van der Waals surface area contributed by atoms with Crippen molar-refractivity contribution in [3.05, 3.63) is 13.8 Å². The summed E-state index contributed by atoms with van der Waals surface area (Å²) in [6, 6.07) is 0. The predicted octanol–water partition coefficient (Wildman–Crippen LogP) is 4.17. The van der Waals surface area contributed by atoms with Gasteiger partial charge in [-0.25, -0.2) is 0 Å². The Labute approximate surface area is 72.4 Å². The van der Waals surface area contributed by atoms with E-state index in [4.69, 9.17) is 0 Å². The highest BCUT2D eigenvalue weighted by atomic mass is 13.9. The molecule has 0 N–H and O–H groups in total. The summed E-state index contributed by atoms with van der Waals surface area (Å²) >= 11 is 0. The lowest BCUT2D eigenvalue weighted by atomic mass is 10.1. The van der Waals surface area contributed by atoms with Crippen molar-refractivity contribution in [3.8, 4) is 0 Å². The molecule has 0 aromatic heterocycles. The van der Waals surface area contributed by atoms with Gasteiger partial charge in [-0.3, -0.25) is 0 Å². The van der Waals surface area contributed by atoms with Crippen LogP contribution in [0.5, 0.6) is 0 Å². The molecule has 0 spiro atoms. The highest BCUT2D eigenvalue weighted by Crippen LogP contribution is 2.08. The van der Waals surface area contributed by atoms with Crippen molar-refractivity contribution >= 4 is 0 Å². The van der Waals surface area contributed by atoms with E-state index in [0.29, 0.717) is 0 Å². The van der Waals surface area contributed by atoms with Gasteiger partial charge in [0.15, 0.2) is 0 Å². The summed E-state index contributed by atoms with van der Waals surface area (Å²) in [6.07, 6.45) is 11.9. The maximum atomic E-state index is 3.82. The molecule has 0 rings (SSSR count). The summed E-state index contributed by atoms with van der Waals surface area (Å²) in [5, 5.41) is 0. The molecule has 0 aliphatic carbocycles. The molecule has 0 heterocycles. The Morgan fingerprint density at radius 3 is 1.00 bits per heavy atom. The summed E-state index contributed by atoms with van der Waals surface area (Å²) < 4.78 is 0. The highest BCUT2D eigenvalue weighted by Gasteiger charge is 1.87. The van der Waals surface area contributed by atoms with Gasteiger partial charge in [-0.15, -0.1) is 0 Å². The summed E-state index contributed by atoms with van der Waals surface area (Å²) in [5.41, 5.74) is 0. The van der Waals surface area contributed by atoms with Crippen LogP contribution in [-0.4, -0.2) is 0 Å². The van der Waals surface area contributed by atoms with Gasteiger partial charge >= 0.3 is 0 Å². The molecule has 11 heavy (non-hydrogen) atoms. The van der Waals surface area contributed by atoms with Gasteiger partial charge in [0, 0.05) is 0 Å². The Morgan fingerprint density at radius 1 is 0.455 bits per heavy atom. The molecule has 0 aromatic rings. The zero-order valence-corrected chi connectivity index (χ0v) is 7.78. The van der Waals surface area contributed by atoms with Crippen molar-refractivity contribution in [2.45, 2.75) is 57.8 Å². The molecule has 0 aromatic carbocycles. The monoisotopic (exact) mass is 154 g/mol. The van der Waals surface area contributed by atoms with Gasteiger partial charge in [-0.1, -0.05) is 44.9 Å². The van der Waals surface area contributed by atoms with Crippen LogP contribution in [0.25, 0.3) is 0 Å². The van der Waals surface area contributed by atoms with E-state index < -0.39 is 0 Å². The Hall–Kier alpha value is 0. The summed E-state index contributed by atoms with van der Waals surface area (Å²) in [4.78, 5) is 0. The average molecular weight is 154 g/mol. The van der Waals surface area contributed by atoms with Crippen LogP contribution in [0.3, 0.4) is 0 Å². The molecule has 0 saturated heterocycles. The van der Waals surface area contributed by atoms with Crippen LogP contribution in [0, 0.1) is 13.8 Å². The summed E-state index contributed by atoms with van der Waals surface area (Å²) in [7, 11) is 0. The summed E-state index contributed by atoms with van der Waals surface area (Å²) in [6.45, 7) is 7.65. The molecular weight excluding hydrogens is 132 g/mol. The van der Waals surface area contributed by atoms with Crippen molar-refractivity contribution in [2.24, 2.45) is 0 Å². The maximum Gasteiger partial charge on any atom is -0.0533 e. The van der Waals surface area contributed by atoms with E-state index in [1.165, 1.54) is 44.9 Å². The number of hydrogen-bond acceptors (Lipinski definition) is 0. The van der Waals surface area contributed by atoms with Gasteiger partial charge in [0.1, 0.15) is 0 Å². The van der Waals surface area contributed by atoms with Crippen LogP contribution in [0.15, 0.2) is 0 Å². The molecule has 68 valence electrons. The van der Waals surface area contributed by atoms with Crippen molar-refractivity contribution < 1.29 is 0 Å². The van der Waals surface area contributed by atoms with Crippen LogP contribution in [-0.2, 0) is 0 Å². The Kier molecular flexibility index (Phi) is 10.0. The first-order valence-electron chi connectivity index (χ1n) is 5.00. The largest absolute Gasteiger partial charge is 0.343 e. The topological polar surface area (TPSA) is 0 Å². The standard InChI is InChI=1S/C11H22/c1-3-5-7-9-11-10-8-6-4-2/h1-11H2/q-2. The van der Waals surface area contributed by atoms with Crippen molar-refractivity contribution in [2.75, 3.05) is 0 Å². The second kappa shape index (κ2) is 10.0. The van der Waals surface area contributed by atoms with Gasteiger partial charge in [0.25, 0.3) is 0 Å². The predicted molar refractivity (Wildman–Crippen MR) is 52.3 cm³/mol. The molecule has 0 saturated carbocycles. The van der Waals surface area contributed by atoms with Gasteiger partial charge in [0.05, 0.1) is 0 Å².